The number of aryl methyl sites for hydroxylation is 1. The van der Waals surface area contributed by atoms with Crippen molar-refractivity contribution in [2.75, 3.05) is 7.11 Å². The maximum Gasteiger partial charge on any atom is 0.120 e. The molecule has 0 fully saturated rings. The van der Waals surface area contributed by atoms with Gasteiger partial charge in [-0.05, 0) is 39.0 Å². The first-order valence-electron chi connectivity index (χ1n) is 6.33. The van der Waals surface area contributed by atoms with E-state index in [0.29, 0.717) is 6.42 Å². The van der Waals surface area contributed by atoms with Gasteiger partial charge in [0.25, 0.3) is 0 Å². The van der Waals surface area contributed by atoms with E-state index in [1.165, 1.54) is 5.39 Å². The number of ether oxygens (including phenoxy) is 1. The zero-order chi connectivity index (χ0) is 13.3. The van der Waals surface area contributed by atoms with Crippen molar-refractivity contribution in [2.45, 2.75) is 39.3 Å². The van der Waals surface area contributed by atoms with Crippen LogP contribution in [0.5, 0.6) is 5.75 Å². The molecule has 1 aromatic heterocycles. The van der Waals surface area contributed by atoms with E-state index in [9.17, 15) is 5.11 Å². The van der Waals surface area contributed by atoms with Gasteiger partial charge in [-0.2, -0.15) is 0 Å². The van der Waals surface area contributed by atoms with Gasteiger partial charge in [0.15, 0.2) is 0 Å². The number of rotatable bonds is 4. The molecule has 0 amide bonds. The summed E-state index contributed by atoms with van der Waals surface area (Å²) in [7, 11) is 1.68. The molecule has 1 N–H and O–H groups in total. The number of methoxy groups -OCH3 is 1. The van der Waals surface area contributed by atoms with E-state index in [4.69, 9.17) is 4.74 Å². The van der Waals surface area contributed by atoms with Gasteiger partial charge in [-0.15, -0.1) is 0 Å². The summed E-state index contributed by atoms with van der Waals surface area (Å²) in [6, 6.07) is 8.23. The number of hydrogen-bond acceptors (Lipinski definition) is 2. The van der Waals surface area contributed by atoms with Crippen LogP contribution in [0.15, 0.2) is 24.3 Å². The lowest BCUT2D eigenvalue weighted by Crippen LogP contribution is -2.23. The second-order valence-electron chi connectivity index (χ2n) is 5.29. The zero-order valence-corrected chi connectivity index (χ0v) is 11.5. The molecule has 3 heteroatoms. The first kappa shape index (κ1) is 13.0. The average Bonchev–Trinajstić information content (AvgIpc) is 2.62. The third-order valence-corrected chi connectivity index (χ3v) is 3.13. The third-order valence-electron chi connectivity index (χ3n) is 3.13. The molecule has 1 aromatic carbocycles. The molecule has 0 bridgehead atoms. The minimum absolute atomic E-state index is 0.651. The predicted octanol–water partition coefficient (Wildman–Crippen LogP) is 2.98. The lowest BCUT2D eigenvalue weighted by Gasteiger charge is -2.18. The highest BCUT2D eigenvalue weighted by molar-refractivity contribution is 5.82. The number of fused-ring (bicyclic) bond motifs is 1. The van der Waals surface area contributed by atoms with Gasteiger partial charge in [0.2, 0.25) is 0 Å². The molecule has 0 aliphatic carbocycles. The number of hydrogen-bond donors (Lipinski definition) is 1. The summed E-state index contributed by atoms with van der Waals surface area (Å²) in [6.07, 6.45) is 0.651. The van der Waals surface area contributed by atoms with Gasteiger partial charge in [-0.1, -0.05) is 0 Å². The molecule has 0 atom stereocenters. The van der Waals surface area contributed by atoms with E-state index >= 15 is 0 Å². The van der Waals surface area contributed by atoms with E-state index < -0.39 is 5.60 Å². The highest BCUT2D eigenvalue weighted by Crippen LogP contribution is 2.26. The fourth-order valence-electron chi connectivity index (χ4n) is 2.38. The Morgan fingerprint density at radius 3 is 2.56 bits per heavy atom. The van der Waals surface area contributed by atoms with Crippen LogP contribution in [-0.2, 0) is 13.0 Å². The average molecular weight is 247 g/mol. The summed E-state index contributed by atoms with van der Waals surface area (Å²) in [5.74, 6) is 0.866. The van der Waals surface area contributed by atoms with Crippen LogP contribution in [0, 0.1) is 0 Å². The van der Waals surface area contributed by atoms with Crippen molar-refractivity contribution in [2.24, 2.45) is 0 Å². The van der Waals surface area contributed by atoms with Crippen molar-refractivity contribution >= 4 is 10.9 Å². The first-order chi connectivity index (χ1) is 8.44. The van der Waals surface area contributed by atoms with Crippen molar-refractivity contribution in [3.63, 3.8) is 0 Å². The topological polar surface area (TPSA) is 34.4 Å². The predicted molar refractivity (Wildman–Crippen MR) is 74.2 cm³/mol. The van der Waals surface area contributed by atoms with Crippen LogP contribution in [0.4, 0.5) is 0 Å². The van der Waals surface area contributed by atoms with Crippen LogP contribution in [0.2, 0.25) is 0 Å². The third kappa shape index (κ3) is 2.51. The van der Waals surface area contributed by atoms with Gasteiger partial charge < -0.3 is 14.4 Å². The Hall–Kier alpha value is -1.48. The molecular formula is C15H21NO2. The molecule has 0 saturated carbocycles. The Balaban J connectivity index is 2.54. The molecule has 3 nitrogen and oxygen atoms in total. The first-order valence-corrected chi connectivity index (χ1v) is 6.33. The van der Waals surface area contributed by atoms with Crippen molar-refractivity contribution in [3.8, 4) is 5.75 Å². The molecule has 0 aliphatic rings. The number of benzene rings is 1. The summed E-state index contributed by atoms with van der Waals surface area (Å²) in [4.78, 5) is 0. The van der Waals surface area contributed by atoms with Crippen LogP contribution < -0.4 is 4.74 Å². The van der Waals surface area contributed by atoms with Crippen LogP contribution in [0.3, 0.4) is 0 Å². The number of nitrogens with zero attached hydrogens (tertiary/aromatic N) is 1. The monoisotopic (exact) mass is 247 g/mol. The standard InChI is InChI=1S/C15H21NO2/c1-5-16-12(10-15(2,3)17)8-11-6-7-13(18-4)9-14(11)16/h6-9,17H,5,10H2,1-4H3. The van der Waals surface area contributed by atoms with Gasteiger partial charge in [0, 0.05) is 30.1 Å². The summed E-state index contributed by atoms with van der Waals surface area (Å²) in [6.45, 7) is 6.69. The van der Waals surface area contributed by atoms with Gasteiger partial charge in [0.05, 0.1) is 18.2 Å². The molecule has 2 rings (SSSR count). The van der Waals surface area contributed by atoms with Crippen LogP contribution in [0.25, 0.3) is 10.9 Å². The van der Waals surface area contributed by atoms with Crippen molar-refractivity contribution in [3.05, 3.63) is 30.0 Å². The van der Waals surface area contributed by atoms with Crippen molar-refractivity contribution < 1.29 is 9.84 Å². The van der Waals surface area contributed by atoms with Crippen LogP contribution in [-0.4, -0.2) is 22.4 Å². The largest absolute Gasteiger partial charge is 0.497 e. The number of aliphatic hydroxyl groups is 1. The second-order valence-corrected chi connectivity index (χ2v) is 5.29. The molecule has 0 unspecified atom stereocenters. The van der Waals surface area contributed by atoms with Crippen LogP contribution in [0.1, 0.15) is 26.5 Å². The van der Waals surface area contributed by atoms with E-state index in [-0.39, 0.29) is 0 Å². The quantitative estimate of drug-likeness (QED) is 0.901. The van der Waals surface area contributed by atoms with Gasteiger partial charge in [0.1, 0.15) is 5.75 Å². The van der Waals surface area contributed by atoms with E-state index in [1.54, 1.807) is 7.11 Å². The highest BCUT2D eigenvalue weighted by atomic mass is 16.5. The lowest BCUT2D eigenvalue weighted by molar-refractivity contribution is 0.0791. The molecular weight excluding hydrogens is 226 g/mol. The SMILES string of the molecule is CCn1c(CC(C)(C)O)cc2ccc(OC)cc21. The fraction of sp³-hybridized carbons (Fsp3) is 0.467. The summed E-state index contributed by atoms with van der Waals surface area (Å²) < 4.78 is 7.50. The summed E-state index contributed by atoms with van der Waals surface area (Å²) in [5.41, 5.74) is 1.63. The maximum atomic E-state index is 9.98. The highest BCUT2D eigenvalue weighted by Gasteiger charge is 2.17. The second kappa shape index (κ2) is 4.65. The van der Waals surface area contributed by atoms with Gasteiger partial charge >= 0.3 is 0 Å². The van der Waals surface area contributed by atoms with Crippen molar-refractivity contribution in [1.29, 1.82) is 0 Å². The van der Waals surface area contributed by atoms with E-state index in [0.717, 1.165) is 23.5 Å². The lowest BCUT2D eigenvalue weighted by atomic mass is 10.0. The maximum absolute atomic E-state index is 9.98. The minimum atomic E-state index is -0.689. The Labute approximate surface area is 108 Å². The molecule has 2 aromatic rings. The Bertz CT molecular complexity index is 549. The molecule has 0 aliphatic heterocycles. The number of aromatic nitrogens is 1. The van der Waals surface area contributed by atoms with E-state index in [2.05, 4.69) is 23.6 Å². The fourth-order valence-corrected chi connectivity index (χ4v) is 2.38. The van der Waals surface area contributed by atoms with Gasteiger partial charge in [-0.25, -0.2) is 0 Å². The van der Waals surface area contributed by atoms with Crippen LogP contribution >= 0.6 is 0 Å². The summed E-state index contributed by atoms with van der Waals surface area (Å²) in [5, 5.41) is 11.2. The molecule has 0 saturated heterocycles. The Morgan fingerprint density at radius 2 is 2.00 bits per heavy atom. The molecule has 0 radical (unpaired) electrons. The molecule has 1 heterocycles. The minimum Gasteiger partial charge on any atom is -0.497 e. The Kier molecular flexibility index (Phi) is 3.35. The normalized spacial score (nSPS) is 12.1. The molecule has 0 spiro atoms. The van der Waals surface area contributed by atoms with E-state index in [1.807, 2.05) is 26.0 Å². The summed E-state index contributed by atoms with van der Waals surface area (Å²) >= 11 is 0. The zero-order valence-electron chi connectivity index (χ0n) is 11.5. The molecule has 98 valence electrons. The Morgan fingerprint density at radius 1 is 1.28 bits per heavy atom. The molecule has 18 heavy (non-hydrogen) atoms. The van der Waals surface area contributed by atoms with Crippen molar-refractivity contribution in [1.82, 2.24) is 4.57 Å². The smallest absolute Gasteiger partial charge is 0.120 e. The van der Waals surface area contributed by atoms with Gasteiger partial charge in [-0.3, -0.25) is 0 Å².